The lowest BCUT2D eigenvalue weighted by molar-refractivity contribution is -0.120. The Balaban J connectivity index is 1.38. The quantitative estimate of drug-likeness (QED) is 0.521. The molecule has 3 aromatic carbocycles. The maximum atomic E-state index is 12.4. The van der Waals surface area contributed by atoms with Gasteiger partial charge in [-0.2, -0.15) is 4.99 Å². The van der Waals surface area contributed by atoms with E-state index < -0.39 is 0 Å². The van der Waals surface area contributed by atoms with Gasteiger partial charge in [-0.25, -0.2) is 0 Å². The summed E-state index contributed by atoms with van der Waals surface area (Å²) in [5.74, 6) is 1.75. The number of carbonyl (C=O) groups excluding carboxylic acids is 1. The number of carbonyl (C=O) groups is 1. The average molecular weight is 406 g/mol. The first kappa shape index (κ1) is 17.8. The summed E-state index contributed by atoms with van der Waals surface area (Å²) in [6.45, 7) is 0.960. The Hall–Kier alpha value is -3.32. The lowest BCUT2D eigenvalue weighted by Crippen LogP contribution is -2.17. The van der Waals surface area contributed by atoms with Gasteiger partial charge in [0.15, 0.2) is 22.9 Å². The Labute approximate surface area is 170 Å². The number of benzene rings is 3. The maximum absolute atomic E-state index is 12.4. The van der Waals surface area contributed by atoms with Crippen molar-refractivity contribution in [1.29, 1.82) is 0 Å². The van der Waals surface area contributed by atoms with Crippen LogP contribution in [0.25, 0.3) is 21.0 Å². The average Bonchev–Trinajstić information content (AvgIpc) is 3.05. The minimum absolute atomic E-state index is 0.116. The number of thiazole rings is 1. The van der Waals surface area contributed by atoms with Gasteiger partial charge in [-0.1, -0.05) is 41.7 Å². The van der Waals surface area contributed by atoms with Crippen molar-refractivity contribution in [2.45, 2.75) is 0 Å². The third-order valence-corrected chi connectivity index (χ3v) is 5.87. The fourth-order valence-electron chi connectivity index (χ4n) is 3.31. The third-order valence-electron chi connectivity index (χ3n) is 4.78. The van der Waals surface area contributed by atoms with Crippen molar-refractivity contribution in [3.05, 3.63) is 59.4 Å². The summed E-state index contributed by atoms with van der Waals surface area (Å²) in [5.41, 5.74) is 0.946. The summed E-state index contributed by atoms with van der Waals surface area (Å²) in [7, 11) is 1.88. The first-order valence-electron chi connectivity index (χ1n) is 9.26. The SMILES string of the molecule is Cn1c(=NC(=O)COc2ccc3ccccc3c2)sc2cc3c(cc21)OCCO3. The van der Waals surface area contributed by atoms with E-state index in [2.05, 4.69) is 4.99 Å². The Kier molecular flexibility index (Phi) is 4.44. The van der Waals surface area contributed by atoms with E-state index >= 15 is 0 Å². The number of aryl methyl sites for hydroxylation is 1. The predicted octanol–water partition coefficient (Wildman–Crippen LogP) is 3.67. The van der Waals surface area contributed by atoms with Gasteiger partial charge in [0.1, 0.15) is 19.0 Å². The monoisotopic (exact) mass is 406 g/mol. The van der Waals surface area contributed by atoms with Gasteiger partial charge in [0, 0.05) is 19.2 Å². The van der Waals surface area contributed by atoms with E-state index in [1.165, 1.54) is 11.3 Å². The molecule has 0 N–H and O–H groups in total. The number of hydrogen-bond acceptors (Lipinski definition) is 5. The van der Waals surface area contributed by atoms with E-state index in [9.17, 15) is 4.79 Å². The lowest BCUT2D eigenvalue weighted by Gasteiger charge is -2.18. The van der Waals surface area contributed by atoms with E-state index in [0.717, 1.165) is 32.5 Å². The molecule has 6 nitrogen and oxygen atoms in total. The Morgan fingerprint density at radius 1 is 1.07 bits per heavy atom. The molecule has 0 aliphatic carbocycles. The minimum Gasteiger partial charge on any atom is -0.486 e. The molecule has 0 atom stereocenters. The van der Waals surface area contributed by atoms with Gasteiger partial charge in [-0.05, 0) is 22.9 Å². The first-order chi connectivity index (χ1) is 14.2. The lowest BCUT2D eigenvalue weighted by atomic mass is 10.1. The van der Waals surface area contributed by atoms with E-state index in [1.54, 1.807) is 0 Å². The third kappa shape index (κ3) is 3.45. The molecule has 5 rings (SSSR count). The van der Waals surface area contributed by atoms with E-state index in [1.807, 2.05) is 66.2 Å². The smallest absolute Gasteiger partial charge is 0.286 e. The van der Waals surface area contributed by atoms with Crippen molar-refractivity contribution in [3.8, 4) is 17.2 Å². The zero-order valence-corrected chi connectivity index (χ0v) is 16.6. The highest BCUT2D eigenvalue weighted by Crippen LogP contribution is 2.35. The number of hydrogen-bond donors (Lipinski definition) is 0. The number of nitrogens with zero attached hydrogens (tertiary/aromatic N) is 2. The van der Waals surface area contributed by atoms with Crippen LogP contribution in [0, 0.1) is 0 Å². The number of amides is 1. The molecular formula is C22H18N2O4S. The van der Waals surface area contributed by atoms with Crippen LogP contribution in [0.1, 0.15) is 0 Å². The van der Waals surface area contributed by atoms with E-state index in [-0.39, 0.29) is 12.5 Å². The second-order valence-electron chi connectivity index (χ2n) is 6.71. The molecule has 7 heteroatoms. The first-order valence-corrected chi connectivity index (χ1v) is 10.1. The zero-order valence-electron chi connectivity index (χ0n) is 15.8. The van der Waals surface area contributed by atoms with Gasteiger partial charge in [0.2, 0.25) is 0 Å². The van der Waals surface area contributed by atoms with Crippen molar-refractivity contribution in [2.24, 2.45) is 12.0 Å². The molecule has 2 heterocycles. The summed E-state index contributed by atoms with van der Waals surface area (Å²) in [6.07, 6.45) is 0. The summed E-state index contributed by atoms with van der Waals surface area (Å²) in [4.78, 5) is 17.2. The molecular weight excluding hydrogens is 388 g/mol. The summed E-state index contributed by atoms with van der Waals surface area (Å²) < 4.78 is 19.8. The van der Waals surface area contributed by atoms with Crippen LogP contribution < -0.4 is 19.0 Å². The van der Waals surface area contributed by atoms with E-state index in [4.69, 9.17) is 14.2 Å². The molecule has 29 heavy (non-hydrogen) atoms. The van der Waals surface area contributed by atoms with E-state index in [0.29, 0.717) is 23.8 Å². The Morgan fingerprint density at radius 2 is 1.83 bits per heavy atom. The number of aromatic nitrogens is 1. The molecule has 0 bridgehead atoms. The second-order valence-corrected chi connectivity index (χ2v) is 7.72. The normalized spacial score (nSPS) is 13.8. The molecule has 1 aromatic heterocycles. The van der Waals surface area contributed by atoms with Crippen molar-refractivity contribution >= 4 is 38.2 Å². The molecule has 0 unspecified atom stereocenters. The molecule has 0 fully saturated rings. The van der Waals surface area contributed by atoms with Crippen molar-refractivity contribution in [1.82, 2.24) is 4.57 Å². The molecule has 4 aromatic rings. The second kappa shape index (κ2) is 7.25. The Morgan fingerprint density at radius 3 is 2.66 bits per heavy atom. The number of ether oxygens (including phenoxy) is 3. The van der Waals surface area contributed by atoms with Gasteiger partial charge < -0.3 is 18.8 Å². The molecule has 146 valence electrons. The summed E-state index contributed by atoms with van der Waals surface area (Å²) >= 11 is 1.43. The number of fused-ring (bicyclic) bond motifs is 3. The van der Waals surface area contributed by atoms with Crippen LogP contribution in [0.2, 0.25) is 0 Å². The molecule has 0 spiro atoms. The fourth-order valence-corrected chi connectivity index (χ4v) is 4.36. The van der Waals surface area contributed by atoms with Crippen LogP contribution >= 0.6 is 11.3 Å². The van der Waals surface area contributed by atoms with Crippen LogP contribution in [0.3, 0.4) is 0 Å². The highest BCUT2D eigenvalue weighted by atomic mass is 32.1. The van der Waals surface area contributed by atoms with Gasteiger partial charge in [0.05, 0.1) is 10.2 Å². The fraction of sp³-hybridized carbons (Fsp3) is 0.182. The molecule has 0 saturated carbocycles. The van der Waals surface area contributed by atoms with Gasteiger partial charge in [-0.3, -0.25) is 4.79 Å². The van der Waals surface area contributed by atoms with Crippen LogP contribution in [-0.2, 0) is 11.8 Å². The van der Waals surface area contributed by atoms with Gasteiger partial charge >= 0.3 is 0 Å². The van der Waals surface area contributed by atoms with Crippen molar-refractivity contribution < 1.29 is 19.0 Å². The van der Waals surface area contributed by atoms with Gasteiger partial charge in [0.25, 0.3) is 5.91 Å². The summed E-state index contributed by atoms with van der Waals surface area (Å²) in [6, 6.07) is 17.6. The maximum Gasteiger partial charge on any atom is 0.286 e. The standard InChI is InChI=1S/C22H18N2O4S/c1-24-17-11-18-19(27-9-8-26-18)12-20(17)29-22(24)23-21(25)13-28-16-7-6-14-4-2-3-5-15(14)10-16/h2-7,10-12H,8-9,13H2,1H3. The highest BCUT2D eigenvalue weighted by Gasteiger charge is 2.15. The highest BCUT2D eigenvalue weighted by molar-refractivity contribution is 7.16. The largest absolute Gasteiger partial charge is 0.486 e. The molecule has 0 saturated heterocycles. The molecule has 1 aliphatic rings. The molecule has 0 radical (unpaired) electrons. The van der Waals surface area contributed by atoms with Crippen molar-refractivity contribution in [2.75, 3.05) is 19.8 Å². The van der Waals surface area contributed by atoms with Crippen LogP contribution in [0.4, 0.5) is 0 Å². The molecule has 1 aliphatic heterocycles. The Bertz CT molecular complexity index is 1310. The topological polar surface area (TPSA) is 62.1 Å². The summed E-state index contributed by atoms with van der Waals surface area (Å²) in [5, 5.41) is 2.20. The number of rotatable bonds is 3. The van der Waals surface area contributed by atoms with Crippen molar-refractivity contribution in [3.63, 3.8) is 0 Å². The zero-order chi connectivity index (χ0) is 19.8. The van der Waals surface area contributed by atoms with Crippen LogP contribution in [0.15, 0.2) is 59.6 Å². The minimum atomic E-state index is -0.336. The van der Waals surface area contributed by atoms with Gasteiger partial charge in [-0.15, -0.1) is 0 Å². The van der Waals surface area contributed by atoms with Crippen LogP contribution in [-0.4, -0.2) is 30.3 Å². The predicted molar refractivity (Wildman–Crippen MR) is 112 cm³/mol. The molecule has 1 amide bonds. The van der Waals surface area contributed by atoms with Crippen LogP contribution in [0.5, 0.6) is 17.2 Å².